The van der Waals surface area contributed by atoms with Crippen LogP contribution in [0.5, 0.6) is 5.75 Å². The Balaban J connectivity index is 1.41. The van der Waals surface area contributed by atoms with Crippen LogP contribution in [0.2, 0.25) is 0 Å². The Morgan fingerprint density at radius 3 is 2.36 bits per heavy atom. The number of carbonyl (C=O) groups excluding carboxylic acids is 1. The lowest BCUT2D eigenvalue weighted by Gasteiger charge is -2.12. The monoisotopic (exact) mass is 621 g/mol. The second kappa shape index (κ2) is 12.5. The van der Waals surface area contributed by atoms with Crippen molar-refractivity contribution in [2.75, 3.05) is 11.5 Å². The summed E-state index contributed by atoms with van der Waals surface area (Å²) in [5.74, 6) is 0.415. The number of unbranched alkanes of at least 4 members (excludes halogenated alkanes) is 1. The Labute approximate surface area is 265 Å². The van der Waals surface area contributed by atoms with Gasteiger partial charge in [0.05, 0.1) is 28.6 Å². The van der Waals surface area contributed by atoms with Crippen LogP contribution in [0, 0.1) is 6.92 Å². The van der Waals surface area contributed by atoms with Gasteiger partial charge in [0.15, 0.2) is 4.32 Å². The van der Waals surface area contributed by atoms with Gasteiger partial charge in [-0.25, -0.2) is 9.36 Å². The van der Waals surface area contributed by atoms with Crippen LogP contribution in [-0.4, -0.2) is 36.0 Å². The average Bonchev–Trinajstić information content (AvgIpc) is 3.65. The Hall–Kier alpha value is -4.67. The second-order valence-electron chi connectivity index (χ2n) is 10.4. The number of nitrogens with zero attached hydrogens (tertiary/aromatic N) is 5. The number of benzene rings is 3. The van der Waals surface area contributed by atoms with Crippen molar-refractivity contribution in [1.29, 1.82) is 0 Å². The number of amides is 1. The van der Waals surface area contributed by atoms with Crippen LogP contribution in [0.15, 0.2) is 101 Å². The van der Waals surface area contributed by atoms with Crippen LogP contribution in [0.1, 0.15) is 31.0 Å². The number of anilines is 1. The van der Waals surface area contributed by atoms with Gasteiger partial charge in [-0.1, -0.05) is 85.9 Å². The molecule has 6 rings (SSSR count). The first kappa shape index (κ1) is 29.4. The number of hydrogen-bond donors (Lipinski definition) is 0. The number of hydrogen-bond acceptors (Lipinski definition) is 6. The number of para-hydroxylation sites is 2. The van der Waals surface area contributed by atoms with Gasteiger partial charge in [-0.2, -0.15) is 5.10 Å². The maximum Gasteiger partial charge on any atom is 0.296 e. The minimum atomic E-state index is -0.346. The molecule has 8 nitrogen and oxygen atoms in total. The molecule has 1 fully saturated rings. The molecule has 44 heavy (non-hydrogen) atoms. The molecule has 0 N–H and O–H groups in total. The Kier molecular flexibility index (Phi) is 8.36. The Bertz CT molecular complexity index is 1940. The third-order valence-corrected chi connectivity index (χ3v) is 8.77. The Morgan fingerprint density at radius 2 is 1.66 bits per heavy atom. The molecule has 3 aromatic carbocycles. The highest BCUT2D eigenvalue weighted by Gasteiger charge is 2.38. The van der Waals surface area contributed by atoms with E-state index in [-0.39, 0.29) is 17.2 Å². The van der Waals surface area contributed by atoms with Crippen molar-refractivity contribution in [3.63, 3.8) is 0 Å². The fourth-order valence-electron chi connectivity index (χ4n) is 5.11. The molecule has 1 aliphatic heterocycles. The van der Waals surface area contributed by atoms with E-state index in [1.165, 1.54) is 16.7 Å². The van der Waals surface area contributed by atoms with Crippen LogP contribution < -0.4 is 15.2 Å². The number of ether oxygens (including phenoxy) is 1. The third kappa shape index (κ3) is 5.54. The number of thiocarbonyl (C=S) groups is 1. The lowest BCUT2D eigenvalue weighted by Crippen LogP contribution is -2.33. The zero-order chi connectivity index (χ0) is 30.8. The van der Waals surface area contributed by atoms with Gasteiger partial charge in [0, 0.05) is 24.4 Å². The summed E-state index contributed by atoms with van der Waals surface area (Å²) in [7, 11) is 1.80. The van der Waals surface area contributed by atoms with Crippen LogP contribution in [0.25, 0.3) is 28.7 Å². The second-order valence-corrected chi connectivity index (χ2v) is 12.0. The summed E-state index contributed by atoms with van der Waals surface area (Å²) >= 11 is 6.86. The topological polar surface area (TPSA) is 74.3 Å². The molecule has 0 saturated carbocycles. The molecule has 10 heteroatoms. The molecule has 1 aliphatic rings. The fraction of sp³-hybridized carbons (Fsp3) is 0.176. The van der Waals surface area contributed by atoms with E-state index in [9.17, 15) is 9.59 Å². The van der Waals surface area contributed by atoms with E-state index in [1.54, 1.807) is 27.2 Å². The van der Waals surface area contributed by atoms with E-state index in [0.29, 0.717) is 32.9 Å². The van der Waals surface area contributed by atoms with Gasteiger partial charge in [0.2, 0.25) is 0 Å². The molecular weight excluding hydrogens is 591 g/mol. The molecule has 0 spiro atoms. The summed E-state index contributed by atoms with van der Waals surface area (Å²) in [5.41, 5.74) is 4.46. The number of carbonyl (C=O) groups is 1. The molecule has 3 heterocycles. The molecule has 5 aromatic rings. The molecule has 0 atom stereocenters. The summed E-state index contributed by atoms with van der Waals surface area (Å²) < 4.78 is 11.4. The van der Waals surface area contributed by atoms with E-state index in [1.807, 2.05) is 98.0 Å². The van der Waals surface area contributed by atoms with E-state index in [4.69, 9.17) is 22.1 Å². The maximum atomic E-state index is 14.0. The van der Waals surface area contributed by atoms with Crippen molar-refractivity contribution in [2.45, 2.75) is 26.7 Å². The van der Waals surface area contributed by atoms with E-state index in [2.05, 4.69) is 6.92 Å². The molecule has 0 radical (unpaired) electrons. The molecule has 1 saturated heterocycles. The maximum absolute atomic E-state index is 14.0. The largest absolute Gasteiger partial charge is 0.494 e. The highest BCUT2D eigenvalue weighted by Crippen LogP contribution is 2.38. The van der Waals surface area contributed by atoms with Crippen LogP contribution in [0.3, 0.4) is 0 Å². The SMILES string of the molecule is CCCCOc1cccc(-c2nn(-c3ccccc3)cc2/C=C2\SC(=S)N(c3c(C)n(C)n(-c4ccccc4)c3=O)C2=O)c1. The normalized spacial score (nSPS) is 14.2. The predicted molar refractivity (Wildman–Crippen MR) is 181 cm³/mol. The molecule has 2 aromatic heterocycles. The standard InChI is InChI=1S/C34H31N5O3S2/c1-4-5-19-42-28-18-12-13-24(20-28)30-25(22-37(35-30)26-14-8-6-9-15-26)21-29-32(40)38(34(43)44-29)31-23(2)36(3)39(33(31)41)27-16-10-7-11-17-27/h6-18,20-22H,4-5,19H2,1-3H3/b29-21-. The van der Waals surface area contributed by atoms with Crippen LogP contribution in [-0.2, 0) is 11.8 Å². The van der Waals surface area contributed by atoms with Crippen molar-refractivity contribution < 1.29 is 9.53 Å². The van der Waals surface area contributed by atoms with Gasteiger partial charge in [-0.3, -0.25) is 19.2 Å². The van der Waals surface area contributed by atoms with Crippen molar-refractivity contribution in [3.8, 4) is 28.4 Å². The molecule has 1 amide bonds. The minimum Gasteiger partial charge on any atom is -0.494 e. The van der Waals surface area contributed by atoms with E-state index < -0.39 is 0 Å². The first-order valence-corrected chi connectivity index (χ1v) is 15.6. The third-order valence-electron chi connectivity index (χ3n) is 7.47. The zero-order valence-corrected chi connectivity index (χ0v) is 26.3. The van der Waals surface area contributed by atoms with Crippen LogP contribution in [0.4, 0.5) is 5.69 Å². The highest BCUT2D eigenvalue weighted by atomic mass is 32.2. The van der Waals surface area contributed by atoms with E-state index in [0.717, 1.165) is 35.4 Å². The van der Waals surface area contributed by atoms with Gasteiger partial charge in [-0.05, 0) is 55.8 Å². The molecular formula is C34H31N5O3S2. The summed E-state index contributed by atoms with van der Waals surface area (Å²) in [4.78, 5) is 29.4. The van der Waals surface area contributed by atoms with Gasteiger partial charge < -0.3 is 4.74 Å². The molecule has 0 unspecified atom stereocenters. The highest BCUT2D eigenvalue weighted by molar-refractivity contribution is 8.27. The summed E-state index contributed by atoms with van der Waals surface area (Å²) in [6.07, 6.45) is 5.72. The first-order chi connectivity index (χ1) is 21.4. The van der Waals surface area contributed by atoms with Crippen molar-refractivity contribution >= 4 is 46.0 Å². The summed E-state index contributed by atoms with van der Waals surface area (Å²) in [6, 6.07) is 27.0. The van der Waals surface area contributed by atoms with Crippen molar-refractivity contribution in [3.05, 3.63) is 118 Å². The van der Waals surface area contributed by atoms with Gasteiger partial charge >= 0.3 is 0 Å². The van der Waals surface area contributed by atoms with Crippen LogP contribution >= 0.6 is 24.0 Å². The molecule has 0 bridgehead atoms. The van der Waals surface area contributed by atoms with Crippen molar-refractivity contribution in [2.24, 2.45) is 7.05 Å². The molecule has 0 aliphatic carbocycles. The van der Waals surface area contributed by atoms with Gasteiger partial charge in [-0.15, -0.1) is 0 Å². The lowest BCUT2D eigenvalue weighted by atomic mass is 10.1. The lowest BCUT2D eigenvalue weighted by molar-refractivity contribution is -0.113. The van der Waals surface area contributed by atoms with Gasteiger partial charge in [0.25, 0.3) is 11.5 Å². The quantitative estimate of drug-likeness (QED) is 0.101. The number of thioether (sulfide) groups is 1. The summed E-state index contributed by atoms with van der Waals surface area (Å²) in [5, 5.41) is 4.92. The zero-order valence-electron chi connectivity index (χ0n) is 24.6. The number of aromatic nitrogens is 4. The fourth-order valence-corrected chi connectivity index (χ4v) is 6.37. The van der Waals surface area contributed by atoms with Gasteiger partial charge in [0.1, 0.15) is 17.1 Å². The van der Waals surface area contributed by atoms with E-state index >= 15 is 0 Å². The number of rotatable bonds is 9. The first-order valence-electron chi connectivity index (χ1n) is 14.4. The minimum absolute atomic E-state index is 0.249. The smallest absolute Gasteiger partial charge is 0.296 e. The van der Waals surface area contributed by atoms with Crippen molar-refractivity contribution in [1.82, 2.24) is 19.1 Å². The Morgan fingerprint density at radius 1 is 0.955 bits per heavy atom. The average molecular weight is 622 g/mol. The predicted octanol–water partition coefficient (Wildman–Crippen LogP) is 6.92. The molecule has 222 valence electrons. The summed E-state index contributed by atoms with van der Waals surface area (Å²) in [6.45, 7) is 4.58.